The number of sulfonamides is 1. The number of amides is 1. The minimum atomic E-state index is -4.87. The molecule has 2 aromatic rings. The minimum Gasteiger partial charge on any atom is -0.449 e. The van der Waals surface area contributed by atoms with Gasteiger partial charge in [0, 0.05) is 38.6 Å². The van der Waals surface area contributed by atoms with Gasteiger partial charge >= 0.3 is 6.36 Å². The fourth-order valence-corrected chi connectivity index (χ4v) is 3.76. The van der Waals surface area contributed by atoms with E-state index in [4.69, 9.17) is 9.47 Å². The first-order valence-corrected chi connectivity index (χ1v) is 10.5. The van der Waals surface area contributed by atoms with Gasteiger partial charge in [0.2, 0.25) is 21.7 Å². The number of halogens is 3. The van der Waals surface area contributed by atoms with Crippen LogP contribution < -0.4 is 24.2 Å². The molecule has 12 heteroatoms. The lowest BCUT2D eigenvalue weighted by Gasteiger charge is -2.16. The number of hydrogen-bond acceptors (Lipinski definition) is 6. The first-order chi connectivity index (χ1) is 14.3. The zero-order chi connectivity index (χ0) is 22.9. The SMILES string of the molecule is CC1(C)Oc2ccc(NC(=O)CCNS(=O)(=O)c3ccc(OC(F)(F)F)cc3)cc2O1. The van der Waals surface area contributed by atoms with Gasteiger partial charge in [0.15, 0.2) is 11.5 Å². The van der Waals surface area contributed by atoms with Crippen LogP contribution >= 0.6 is 0 Å². The summed E-state index contributed by atoms with van der Waals surface area (Å²) >= 11 is 0. The molecule has 0 fully saturated rings. The largest absolute Gasteiger partial charge is 0.573 e. The van der Waals surface area contributed by atoms with Gasteiger partial charge in [0.05, 0.1) is 4.90 Å². The van der Waals surface area contributed by atoms with Crippen molar-refractivity contribution < 1.29 is 40.6 Å². The maximum Gasteiger partial charge on any atom is 0.573 e. The number of hydrogen-bond donors (Lipinski definition) is 2. The third-order valence-electron chi connectivity index (χ3n) is 3.95. The van der Waals surface area contributed by atoms with Crippen LogP contribution in [-0.4, -0.2) is 33.0 Å². The molecule has 168 valence electrons. The summed E-state index contributed by atoms with van der Waals surface area (Å²) in [5, 5.41) is 2.62. The van der Waals surface area contributed by atoms with Crippen molar-refractivity contribution in [2.75, 3.05) is 11.9 Å². The van der Waals surface area contributed by atoms with Crippen molar-refractivity contribution in [3.05, 3.63) is 42.5 Å². The van der Waals surface area contributed by atoms with Gasteiger partial charge in [-0.05, 0) is 36.4 Å². The van der Waals surface area contributed by atoms with Crippen LogP contribution in [0.25, 0.3) is 0 Å². The van der Waals surface area contributed by atoms with E-state index in [1.165, 1.54) is 0 Å². The van der Waals surface area contributed by atoms with Gasteiger partial charge in [-0.2, -0.15) is 0 Å². The molecule has 1 heterocycles. The van der Waals surface area contributed by atoms with E-state index >= 15 is 0 Å². The lowest BCUT2D eigenvalue weighted by molar-refractivity contribution is -0.274. The molecular formula is C19H19F3N2O6S. The number of carbonyl (C=O) groups excluding carboxylic acids is 1. The summed E-state index contributed by atoms with van der Waals surface area (Å²) in [7, 11) is -4.01. The van der Waals surface area contributed by atoms with Crippen molar-refractivity contribution in [2.45, 2.75) is 37.3 Å². The van der Waals surface area contributed by atoms with Crippen molar-refractivity contribution in [1.29, 1.82) is 0 Å². The summed E-state index contributed by atoms with van der Waals surface area (Å²) in [5.74, 6) is -0.781. The summed E-state index contributed by atoms with van der Waals surface area (Å²) in [6, 6.07) is 8.57. The zero-order valence-electron chi connectivity index (χ0n) is 16.4. The molecular weight excluding hydrogens is 441 g/mol. The number of carbonyl (C=O) groups is 1. The quantitative estimate of drug-likeness (QED) is 0.657. The van der Waals surface area contributed by atoms with Crippen LogP contribution in [0.1, 0.15) is 20.3 Å². The normalized spacial score (nSPS) is 14.9. The van der Waals surface area contributed by atoms with Crippen LogP contribution in [0.3, 0.4) is 0 Å². The van der Waals surface area contributed by atoms with Crippen molar-refractivity contribution in [3.8, 4) is 17.2 Å². The Kier molecular flexibility index (Phi) is 6.05. The summed E-state index contributed by atoms with van der Waals surface area (Å²) in [4.78, 5) is 11.8. The molecule has 0 aromatic heterocycles. The Morgan fingerprint density at radius 1 is 1.06 bits per heavy atom. The standard InChI is InChI=1S/C19H19F3N2O6S/c1-18(2)29-15-8-3-12(11-16(15)30-18)24-17(25)9-10-23-31(26,27)14-6-4-13(5-7-14)28-19(20,21)22/h3-8,11,23H,9-10H2,1-2H3,(H,24,25). The number of rotatable bonds is 7. The molecule has 0 radical (unpaired) electrons. The summed E-state index contributed by atoms with van der Waals surface area (Å²) < 4.78 is 78.0. The molecule has 3 rings (SSSR count). The maximum absolute atomic E-state index is 12.2. The predicted octanol–water partition coefficient (Wildman–Crippen LogP) is 3.40. The molecule has 2 N–H and O–H groups in total. The number of ether oxygens (including phenoxy) is 3. The highest BCUT2D eigenvalue weighted by Gasteiger charge is 2.32. The van der Waals surface area contributed by atoms with Gasteiger partial charge in [0.1, 0.15) is 5.75 Å². The van der Waals surface area contributed by atoms with E-state index in [1.807, 2.05) is 0 Å². The smallest absolute Gasteiger partial charge is 0.449 e. The number of benzene rings is 2. The van der Waals surface area contributed by atoms with E-state index in [0.717, 1.165) is 24.3 Å². The van der Waals surface area contributed by atoms with Gasteiger partial charge in [-0.25, -0.2) is 13.1 Å². The molecule has 0 atom stereocenters. The Morgan fingerprint density at radius 2 is 1.71 bits per heavy atom. The van der Waals surface area contributed by atoms with Crippen molar-refractivity contribution in [1.82, 2.24) is 4.72 Å². The van der Waals surface area contributed by atoms with Crippen LogP contribution in [0.15, 0.2) is 47.4 Å². The van der Waals surface area contributed by atoms with E-state index in [1.54, 1.807) is 32.0 Å². The summed E-state index contributed by atoms with van der Waals surface area (Å²) in [6.45, 7) is 3.27. The summed E-state index contributed by atoms with van der Waals surface area (Å²) in [5.41, 5.74) is 0.452. The topological polar surface area (TPSA) is 103 Å². The molecule has 2 aromatic carbocycles. The predicted molar refractivity (Wildman–Crippen MR) is 103 cm³/mol. The molecule has 0 spiro atoms. The summed E-state index contributed by atoms with van der Waals surface area (Å²) in [6.07, 6.45) is -5.05. The second-order valence-electron chi connectivity index (χ2n) is 6.98. The first-order valence-electron chi connectivity index (χ1n) is 9.00. The zero-order valence-corrected chi connectivity index (χ0v) is 17.3. The molecule has 1 aliphatic heterocycles. The van der Waals surface area contributed by atoms with Crippen LogP contribution in [0.5, 0.6) is 17.2 Å². The Labute approximate surface area is 176 Å². The average molecular weight is 460 g/mol. The number of anilines is 1. The van der Waals surface area contributed by atoms with Gasteiger partial charge in [0.25, 0.3) is 0 Å². The molecule has 0 aliphatic carbocycles. The van der Waals surface area contributed by atoms with E-state index in [2.05, 4.69) is 14.8 Å². The molecule has 8 nitrogen and oxygen atoms in total. The van der Waals surface area contributed by atoms with Crippen molar-refractivity contribution in [3.63, 3.8) is 0 Å². The van der Waals surface area contributed by atoms with Crippen molar-refractivity contribution >= 4 is 21.6 Å². The lowest BCUT2D eigenvalue weighted by atomic mass is 10.2. The van der Waals surface area contributed by atoms with Gasteiger partial charge < -0.3 is 19.5 Å². The second-order valence-corrected chi connectivity index (χ2v) is 8.75. The lowest BCUT2D eigenvalue weighted by Crippen LogP contribution is -2.29. The Balaban J connectivity index is 1.51. The maximum atomic E-state index is 12.2. The molecule has 31 heavy (non-hydrogen) atoms. The number of alkyl halides is 3. The minimum absolute atomic E-state index is 0.172. The van der Waals surface area contributed by atoms with E-state index in [9.17, 15) is 26.4 Å². The van der Waals surface area contributed by atoms with Crippen molar-refractivity contribution in [2.24, 2.45) is 0 Å². The molecule has 0 saturated heterocycles. The van der Waals surface area contributed by atoms with E-state index in [-0.39, 0.29) is 17.9 Å². The van der Waals surface area contributed by atoms with Crippen LogP contribution in [0.4, 0.5) is 18.9 Å². The third kappa shape index (κ3) is 6.25. The third-order valence-corrected chi connectivity index (χ3v) is 5.43. The van der Waals surface area contributed by atoms with Gasteiger partial charge in [-0.1, -0.05) is 0 Å². The number of fused-ring (bicyclic) bond motifs is 1. The van der Waals surface area contributed by atoms with Gasteiger partial charge in [-0.15, -0.1) is 13.2 Å². The van der Waals surface area contributed by atoms with Gasteiger partial charge in [-0.3, -0.25) is 4.79 Å². The molecule has 1 aliphatic rings. The Bertz CT molecular complexity index is 1070. The van der Waals surface area contributed by atoms with Crippen LogP contribution in [0, 0.1) is 0 Å². The highest BCUT2D eigenvalue weighted by molar-refractivity contribution is 7.89. The molecule has 1 amide bonds. The fraction of sp³-hybridized carbons (Fsp3) is 0.316. The second kappa shape index (κ2) is 8.27. The first kappa shape index (κ1) is 22.7. The fourth-order valence-electron chi connectivity index (χ4n) is 2.73. The van der Waals surface area contributed by atoms with E-state index < -0.39 is 33.8 Å². The highest BCUT2D eigenvalue weighted by atomic mass is 32.2. The van der Waals surface area contributed by atoms with E-state index in [0.29, 0.717) is 17.2 Å². The average Bonchev–Trinajstić information content (AvgIpc) is 2.93. The molecule has 0 bridgehead atoms. The van der Waals surface area contributed by atoms with Crippen LogP contribution in [0.2, 0.25) is 0 Å². The van der Waals surface area contributed by atoms with Crippen LogP contribution in [-0.2, 0) is 14.8 Å². The Hall–Kier alpha value is -2.99. The number of nitrogens with one attached hydrogen (secondary N) is 2. The Morgan fingerprint density at radius 3 is 2.35 bits per heavy atom. The highest BCUT2D eigenvalue weighted by Crippen LogP contribution is 2.40. The molecule has 0 saturated carbocycles. The molecule has 0 unspecified atom stereocenters. The monoisotopic (exact) mass is 460 g/mol.